The number of nitrogens with zero attached hydrogens (tertiary/aromatic N) is 5. The summed E-state index contributed by atoms with van der Waals surface area (Å²) in [5.41, 5.74) is 1.48. The summed E-state index contributed by atoms with van der Waals surface area (Å²) in [4.78, 5) is 0. The Bertz CT molecular complexity index is 929. The van der Waals surface area contributed by atoms with Gasteiger partial charge in [-0.1, -0.05) is 0 Å². The molecule has 0 fully saturated rings. The Hall–Kier alpha value is -3.34. The summed E-state index contributed by atoms with van der Waals surface area (Å²) in [5, 5.41) is 22.8. The predicted molar refractivity (Wildman–Crippen MR) is 82.3 cm³/mol. The second kappa shape index (κ2) is 6.42. The van der Waals surface area contributed by atoms with Crippen LogP contribution < -0.4 is 5.32 Å². The van der Waals surface area contributed by atoms with Gasteiger partial charge in [0.25, 0.3) is 0 Å². The van der Waals surface area contributed by atoms with Crippen LogP contribution in [0.4, 0.5) is 14.5 Å². The van der Waals surface area contributed by atoms with Crippen LogP contribution in [0.1, 0.15) is 17.0 Å². The van der Waals surface area contributed by atoms with Crippen LogP contribution in [-0.2, 0) is 6.54 Å². The Labute approximate surface area is 136 Å². The first-order chi connectivity index (χ1) is 11.6. The van der Waals surface area contributed by atoms with Crippen molar-refractivity contribution in [1.82, 2.24) is 20.2 Å². The number of aryl methyl sites for hydroxylation is 1. The Morgan fingerprint density at radius 2 is 1.96 bits per heavy atom. The summed E-state index contributed by atoms with van der Waals surface area (Å²) >= 11 is 0. The van der Waals surface area contributed by atoms with Crippen LogP contribution in [-0.4, -0.2) is 20.2 Å². The lowest BCUT2D eigenvalue weighted by molar-refractivity contribution is 0.604. The standard InChI is InChI=1S/C16H12F2N6/c1-10-21-22-23-24(10)16-7-13(3-5-15(16)18)20-9-12-6-11(8-19)2-4-14(12)17/h2-7,20H,9H2,1H3. The molecule has 0 aliphatic carbocycles. The molecule has 6 nitrogen and oxygen atoms in total. The highest BCUT2D eigenvalue weighted by molar-refractivity contribution is 5.52. The summed E-state index contributed by atoms with van der Waals surface area (Å²) in [5.74, 6) is -0.451. The van der Waals surface area contributed by atoms with E-state index in [1.165, 1.54) is 41.1 Å². The second-order valence-electron chi connectivity index (χ2n) is 5.08. The molecule has 120 valence electrons. The number of halogens is 2. The summed E-state index contributed by atoms with van der Waals surface area (Å²) in [7, 11) is 0. The van der Waals surface area contributed by atoms with Crippen LogP contribution in [0.15, 0.2) is 36.4 Å². The average molecular weight is 326 g/mol. The number of tetrazole rings is 1. The molecule has 0 atom stereocenters. The van der Waals surface area contributed by atoms with Gasteiger partial charge in [0.1, 0.15) is 17.3 Å². The molecule has 0 spiro atoms. The van der Waals surface area contributed by atoms with Crippen molar-refractivity contribution < 1.29 is 8.78 Å². The second-order valence-corrected chi connectivity index (χ2v) is 5.08. The van der Waals surface area contributed by atoms with Crippen molar-refractivity contribution in [2.45, 2.75) is 13.5 Å². The van der Waals surface area contributed by atoms with E-state index < -0.39 is 11.6 Å². The summed E-state index contributed by atoms with van der Waals surface area (Å²) < 4.78 is 29.1. The van der Waals surface area contributed by atoms with Gasteiger partial charge in [-0.25, -0.2) is 8.78 Å². The molecule has 24 heavy (non-hydrogen) atoms. The number of hydrogen-bond acceptors (Lipinski definition) is 5. The number of nitriles is 1. The molecule has 0 saturated heterocycles. The van der Waals surface area contributed by atoms with Gasteiger partial charge in [0.2, 0.25) is 0 Å². The molecule has 0 aliphatic rings. The van der Waals surface area contributed by atoms with Crippen LogP contribution in [0, 0.1) is 29.9 Å². The van der Waals surface area contributed by atoms with Gasteiger partial charge in [0.15, 0.2) is 5.82 Å². The predicted octanol–water partition coefficient (Wildman–Crippen LogP) is 2.73. The van der Waals surface area contributed by atoms with Gasteiger partial charge >= 0.3 is 0 Å². The number of nitrogens with one attached hydrogen (secondary N) is 1. The molecule has 8 heteroatoms. The number of hydrogen-bond donors (Lipinski definition) is 1. The van der Waals surface area contributed by atoms with E-state index in [0.717, 1.165) is 0 Å². The van der Waals surface area contributed by atoms with Crippen molar-refractivity contribution in [3.8, 4) is 11.8 Å². The van der Waals surface area contributed by atoms with Crippen molar-refractivity contribution in [1.29, 1.82) is 5.26 Å². The summed E-state index contributed by atoms with van der Waals surface area (Å²) in [6.07, 6.45) is 0. The fourth-order valence-electron chi connectivity index (χ4n) is 2.22. The van der Waals surface area contributed by atoms with Gasteiger partial charge in [-0.3, -0.25) is 0 Å². The number of benzene rings is 2. The van der Waals surface area contributed by atoms with Gasteiger partial charge in [-0.15, -0.1) is 5.10 Å². The van der Waals surface area contributed by atoms with E-state index in [1.807, 2.05) is 6.07 Å². The lowest BCUT2D eigenvalue weighted by Crippen LogP contribution is -2.06. The highest BCUT2D eigenvalue weighted by Gasteiger charge is 2.11. The summed E-state index contributed by atoms with van der Waals surface area (Å²) in [6.45, 7) is 1.81. The van der Waals surface area contributed by atoms with Crippen LogP contribution in [0.3, 0.4) is 0 Å². The molecule has 0 bridgehead atoms. The maximum atomic E-state index is 14.0. The quantitative estimate of drug-likeness (QED) is 0.797. The van der Waals surface area contributed by atoms with Crippen LogP contribution in [0.25, 0.3) is 5.69 Å². The van der Waals surface area contributed by atoms with Crippen molar-refractivity contribution >= 4 is 5.69 Å². The molecule has 0 unspecified atom stereocenters. The normalized spacial score (nSPS) is 10.4. The maximum absolute atomic E-state index is 14.0. The van der Waals surface area contributed by atoms with E-state index >= 15 is 0 Å². The topological polar surface area (TPSA) is 79.4 Å². The Morgan fingerprint density at radius 1 is 1.17 bits per heavy atom. The van der Waals surface area contributed by atoms with Crippen LogP contribution >= 0.6 is 0 Å². The minimum absolute atomic E-state index is 0.154. The molecule has 0 saturated carbocycles. The fourth-order valence-corrected chi connectivity index (χ4v) is 2.22. The minimum Gasteiger partial charge on any atom is -0.381 e. The SMILES string of the molecule is Cc1nnnn1-c1cc(NCc2cc(C#N)ccc2F)ccc1F. The Morgan fingerprint density at radius 3 is 2.67 bits per heavy atom. The van der Waals surface area contributed by atoms with E-state index in [1.54, 1.807) is 6.92 Å². The molecule has 1 N–H and O–H groups in total. The average Bonchev–Trinajstić information content (AvgIpc) is 3.01. The maximum Gasteiger partial charge on any atom is 0.153 e. The highest BCUT2D eigenvalue weighted by atomic mass is 19.1. The van der Waals surface area contributed by atoms with Crippen LogP contribution in [0.5, 0.6) is 0 Å². The van der Waals surface area contributed by atoms with Crippen molar-refractivity contribution in [3.05, 3.63) is 65.0 Å². The Balaban J connectivity index is 1.85. The zero-order valence-electron chi connectivity index (χ0n) is 12.7. The molecule has 3 rings (SSSR count). The molecule has 0 radical (unpaired) electrons. The molecule has 3 aromatic rings. The molecular weight excluding hydrogens is 314 g/mol. The first-order valence-electron chi connectivity index (χ1n) is 7.06. The van der Waals surface area contributed by atoms with E-state index in [4.69, 9.17) is 5.26 Å². The van der Waals surface area contributed by atoms with Gasteiger partial charge in [0, 0.05) is 17.8 Å². The third kappa shape index (κ3) is 3.05. The van der Waals surface area contributed by atoms with E-state index in [-0.39, 0.29) is 12.2 Å². The largest absolute Gasteiger partial charge is 0.381 e. The number of anilines is 1. The first-order valence-corrected chi connectivity index (χ1v) is 7.06. The zero-order chi connectivity index (χ0) is 17.1. The fraction of sp³-hybridized carbons (Fsp3) is 0.125. The molecule has 0 amide bonds. The smallest absolute Gasteiger partial charge is 0.153 e. The van der Waals surface area contributed by atoms with Gasteiger partial charge in [-0.05, 0) is 53.7 Å². The van der Waals surface area contributed by atoms with E-state index in [9.17, 15) is 8.78 Å². The van der Waals surface area contributed by atoms with Gasteiger partial charge < -0.3 is 5.32 Å². The third-order valence-electron chi connectivity index (χ3n) is 3.46. The molecule has 1 heterocycles. The Kier molecular flexibility index (Phi) is 4.16. The van der Waals surface area contributed by atoms with Crippen LogP contribution in [0.2, 0.25) is 0 Å². The number of aromatic nitrogens is 4. The third-order valence-corrected chi connectivity index (χ3v) is 3.46. The molecule has 1 aromatic heterocycles. The van der Waals surface area contributed by atoms with Crippen molar-refractivity contribution in [3.63, 3.8) is 0 Å². The number of rotatable bonds is 4. The lowest BCUT2D eigenvalue weighted by Gasteiger charge is -2.10. The zero-order valence-corrected chi connectivity index (χ0v) is 12.7. The molecule has 2 aromatic carbocycles. The van der Waals surface area contributed by atoms with Crippen molar-refractivity contribution in [2.75, 3.05) is 5.32 Å². The minimum atomic E-state index is -0.478. The van der Waals surface area contributed by atoms with E-state index in [0.29, 0.717) is 22.6 Å². The monoisotopic (exact) mass is 326 g/mol. The van der Waals surface area contributed by atoms with Gasteiger partial charge in [-0.2, -0.15) is 9.94 Å². The first kappa shape index (κ1) is 15.6. The van der Waals surface area contributed by atoms with Crippen molar-refractivity contribution in [2.24, 2.45) is 0 Å². The van der Waals surface area contributed by atoms with Gasteiger partial charge in [0.05, 0.1) is 11.6 Å². The molecule has 0 aliphatic heterocycles. The lowest BCUT2D eigenvalue weighted by atomic mass is 10.1. The van der Waals surface area contributed by atoms with E-state index in [2.05, 4.69) is 20.8 Å². The molecular formula is C16H12F2N6. The highest BCUT2D eigenvalue weighted by Crippen LogP contribution is 2.20. The summed E-state index contributed by atoms with van der Waals surface area (Å²) in [6, 6.07) is 10.4.